The van der Waals surface area contributed by atoms with Crippen LogP contribution in [0, 0.1) is 11.8 Å². The molecule has 2 N–H and O–H groups in total. The Labute approximate surface area is 137 Å². The van der Waals surface area contributed by atoms with E-state index >= 15 is 0 Å². The van der Waals surface area contributed by atoms with Crippen LogP contribution in [0.2, 0.25) is 0 Å². The van der Waals surface area contributed by atoms with Gasteiger partial charge in [-0.2, -0.15) is 0 Å². The SMILES string of the molecule is COc1ccc(C(=O)C2CCN(C(=O)C(C)C(C)N)CC2)cc1. The van der Waals surface area contributed by atoms with Crippen molar-refractivity contribution in [3.05, 3.63) is 29.8 Å². The van der Waals surface area contributed by atoms with Crippen LogP contribution < -0.4 is 10.5 Å². The van der Waals surface area contributed by atoms with Gasteiger partial charge in [-0.1, -0.05) is 6.92 Å². The van der Waals surface area contributed by atoms with Crippen molar-refractivity contribution in [2.24, 2.45) is 17.6 Å². The van der Waals surface area contributed by atoms with Gasteiger partial charge in [0.25, 0.3) is 0 Å². The standard InChI is InChI=1S/C18H26N2O3/c1-12(13(2)19)18(22)20-10-8-15(9-11-20)17(21)14-4-6-16(23-3)7-5-14/h4-7,12-13,15H,8-11,19H2,1-3H3. The highest BCUT2D eigenvalue weighted by Crippen LogP contribution is 2.24. The lowest BCUT2D eigenvalue weighted by atomic mass is 9.88. The summed E-state index contributed by atoms with van der Waals surface area (Å²) in [5.41, 5.74) is 6.51. The van der Waals surface area contributed by atoms with Crippen molar-refractivity contribution >= 4 is 11.7 Å². The van der Waals surface area contributed by atoms with E-state index in [-0.39, 0.29) is 29.6 Å². The zero-order valence-corrected chi connectivity index (χ0v) is 14.1. The summed E-state index contributed by atoms with van der Waals surface area (Å²) in [6.45, 7) is 4.97. The number of rotatable bonds is 5. The summed E-state index contributed by atoms with van der Waals surface area (Å²) in [7, 11) is 1.60. The zero-order chi connectivity index (χ0) is 17.0. The molecule has 5 heteroatoms. The molecule has 2 rings (SSSR count). The maximum atomic E-state index is 12.6. The Balaban J connectivity index is 1.93. The normalized spacial score (nSPS) is 18.3. The first-order valence-electron chi connectivity index (χ1n) is 8.16. The van der Waals surface area contributed by atoms with Gasteiger partial charge >= 0.3 is 0 Å². The molecular formula is C18H26N2O3. The van der Waals surface area contributed by atoms with Crippen LogP contribution in [-0.2, 0) is 4.79 Å². The van der Waals surface area contributed by atoms with Crippen LogP contribution in [0.1, 0.15) is 37.0 Å². The van der Waals surface area contributed by atoms with Crippen LogP contribution in [0.3, 0.4) is 0 Å². The molecule has 1 amide bonds. The molecular weight excluding hydrogens is 292 g/mol. The van der Waals surface area contributed by atoms with E-state index in [1.165, 1.54) is 0 Å². The Kier molecular flexibility index (Phi) is 5.77. The second-order valence-corrected chi connectivity index (χ2v) is 6.34. The molecule has 2 atom stereocenters. The number of hydrogen-bond donors (Lipinski definition) is 1. The van der Waals surface area contributed by atoms with Gasteiger partial charge in [0.15, 0.2) is 5.78 Å². The van der Waals surface area contributed by atoms with Crippen molar-refractivity contribution in [3.8, 4) is 5.75 Å². The number of methoxy groups -OCH3 is 1. The number of nitrogens with zero attached hydrogens (tertiary/aromatic N) is 1. The van der Waals surface area contributed by atoms with Gasteiger partial charge in [0.1, 0.15) is 5.75 Å². The van der Waals surface area contributed by atoms with Crippen molar-refractivity contribution in [3.63, 3.8) is 0 Å². The molecule has 1 heterocycles. The quantitative estimate of drug-likeness (QED) is 0.844. The lowest BCUT2D eigenvalue weighted by molar-refractivity contribution is -0.136. The summed E-state index contributed by atoms with van der Waals surface area (Å²) in [5, 5.41) is 0. The molecule has 1 saturated heterocycles. The Morgan fingerprint density at radius 2 is 1.74 bits per heavy atom. The van der Waals surface area contributed by atoms with Crippen molar-refractivity contribution in [2.45, 2.75) is 32.7 Å². The fraction of sp³-hybridized carbons (Fsp3) is 0.556. The van der Waals surface area contributed by atoms with E-state index in [1.54, 1.807) is 31.4 Å². The molecule has 0 bridgehead atoms. The fourth-order valence-electron chi connectivity index (χ4n) is 2.87. The molecule has 2 unspecified atom stereocenters. The Morgan fingerprint density at radius 3 is 2.22 bits per heavy atom. The van der Waals surface area contributed by atoms with Crippen molar-refractivity contribution in [1.82, 2.24) is 4.90 Å². The van der Waals surface area contributed by atoms with Gasteiger partial charge < -0.3 is 15.4 Å². The van der Waals surface area contributed by atoms with E-state index in [4.69, 9.17) is 10.5 Å². The summed E-state index contributed by atoms with van der Waals surface area (Å²) in [6, 6.07) is 7.06. The Morgan fingerprint density at radius 1 is 1.17 bits per heavy atom. The highest BCUT2D eigenvalue weighted by molar-refractivity contribution is 5.98. The number of piperidine rings is 1. The largest absolute Gasteiger partial charge is 0.497 e. The van der Waals surface area contributed by atoms with Crippen LogP contribution in [0.5, 0.6) is 5.75 Å². The molecule has 0 spiro atoms. The number of carbonyl (C=O) groups excluding carboxylic acids is 2. The lowest BCUT2D eigenvalue weighted by Gasteiger charge is -2.33. The molecule has 1 aromatic rings. The molecule has 1 aromatic carbocycles. The minimum atomic E-state index is -0.177. The van der Waals surface area contributed by atoms with E-state index in [0.717, 1.165) is 5.75 Å². The van der Waals surface area contributed by atoms with Crippen molar-refractivity contribution < 1.29 is 14.3 Å². The molecule has 0 aromatic heterocycles. The Hall–Kier alpha value is -1.88. The third-order valence-corrected chi connectivity index (χ3v) is 4.73. The van der Waals surface area contributed by atoms with Crippen LogP contribution in [0.25, 0.3) is 0 Å². The second-order valence-electron chi connectivity index (χ2n) is 6.34. The molecule has 1 aliphatic heterocycles. The fourth-order valence-corrected chi connectivity index (χ4v) is 2.87. The van der Waals surface area contributed by atoms with Crippen LogP contribution >= 0.6 is 0 Å². The van der Waals surface area contributed by atoms with Gasteiger partial charge in [-0.3, -0.25) is 9.59 Å². The average molecular weight is 318 g/mol. The smallest absolute Gasteiger partial charge is 0.226 e. The molecule has 1 fully saturated rings. The van der Waals surface area contributed by atoms with Crippen LogP contribution in [0.4, 0.5) is 0 Å². The minimum Gasteiger partial charge on any atom is -0.497 e. The number of likely N-dealkylation sites (tertiary alicyclic amines) is 1. The third-order valence-electron chi connectivity index (χ3n) is 4.73. The van der Waals surface area contributed by atoms with Gasteiger partial charge in [-0.05, 0) is 44.0 Å². The number of ketones is 1. The topological polar surface area (TPSA) is 72.6 Å². The number of benzene rings is 1. The first-order chi connectivity index (χ1) is 10.9. The van der Waals surface area contributed by atoms with E-state index in [1.807, 2.05) is 18.7 Å². The van der Waals surface area contributed by atoms with E-state index in [0.29, 0.717) is 31.5 Å². The number of Topliss-reactive ketones (excluding diaryl/α,β-unsaturated/α-hetero) is 1. The molecule has 23 heavy (non-hydrogen) atoms. The summed E-state index contributed by atoms with van der Waals surface area (Å²) in [4.78, 5) is 26.7. The number of hydrogen-bond acceptors (Lipinski definition) is 4. The van der Waals surface area contributed by atoms with Crippen LogP contribution in [-0.4, -0.2) is 42.8 Å². The maximum Gasteiger partial charge on any atom is 0.226 e. The van der Waals surface area contributed by atoms with Gasteiger partial charge in [0, 0.05) is 30.6 Å². The zero-order valence-electron chi connectivity index (χ0n) is 14.1. The van der Waals surface area contributed by atoms with Gasteiger partial charge in [0.2, 0.25) is 5.91 Å². The van der Waals surface area contributed by atoms with Gasteiger partial charge in [0.05, 0.1) is 13.0 Å². The summed E-state index contributed by atoms with van der Waals surface area (Å²) >= 11 is 0. The average Bonchev–Trinajstić information content (AvgIpc) is 2.60. The number of ether oxygens (including phenoxy) is 1. The van der Waals surface area contributed by atoms with Crippen LogP contribution in [0.15, 0.2) is 24.3 Å². The second kappa shape index (κ2) is 7.59. The van der Waals surface area contributed by atoms with Crippen molar-refractivity contribution in [1.29, 1.82) is 0 Å². The first-order valence-corrected chi connectivity index (χ1v) is 8.16. The monoisotopic (exact) mass is 318 g/mol. The van der Waals surface area contributed by atoms with E-state index in [9.17, 15) is 9.59 Å². The maximum absolute atomic E-state index is 12.6. The summed E-state index contributed by atoms with van der Waals surface area (Å²) in [5.74, 6) is 0.795. The van der Waals surface area contributed by atoms with Crippen molar-refractivity contribution in [2.75, 3.05) is 20.2 Å². The molecule has 0 aliphatic carbocycles. The summed E-state index contributed by atoms with van der Waals surface area (Å²) in [6.07, 6.45) is 1.42. The highest BCUT2D eigenvalue weighted by atomic mass is 16.5. The van der Waals surface area contributed by atoms with Gasteiger partial charge in [-0.15, -0.1) is 0 Å². The van der Waals surface area contributed by atoms with E-state index < -0.39 is 0 Å². The molecule has 5 nitrogen and oxygen atoms in total. The summed E-state index contributed by atoms with van der Waals surface area (Å²) < 4.78 is 5.11. The van der Waals surface area contributed by atoms with Gasteiger partial charge in [-0.25, -0.2) is 0 Å². The highest BCUT2D eigenvalue weighted by Gasteiger charge is 2.30. The minimum absolute atomic E-state index is 0.0157. The molecule has 0 radical (unpaired) electrons. The molecule has 1 aliphatic rings. The lowest BCUT2D eigenvalue weighted by Crippen LogP contribution is -2.46. The predicted octanol–water partition coefficient (Wildman–Crippen LogP) is 2.10. The number of nitrogens with two attached hydrogens (primary N) is 1. The van der Waals surface area contributed by atoms with E-state index in [2.05, 4.69) is 0 Å². The predicted molar refractivity (Wildman–Crippen MR) is 89.4 cm³/mol. The third kappa shape index (κ3) is 4.10. The first kappa shape index (κ1) is 17.5. The Bertz CT molecular complexity index is 546. The molecule has 126 valence electrons. The number of carbonyl (C=O) groups is 2. The number of amides is 1. The molecule has 0 saturated carbocycles.